The van der Waals surface area contributed by atoms with Gasteiger partial charge in [0.2, 0.25) is 0 Å². The van der Waals surface area contributed by atoms with E-state index >= 15 is 0 Å². The molecule has 0 saturated heterocycles. The van der Waals surface area contributed by atoms with Crippen molar-refractivity contribution in [3.63, 3.8) is 0 Å². The number of benzene rings is 1. The molecule has 0 aliphatic rings. The fourth-order valence-electron chi connectivity index (χ4n) is 1.49. The number of hydrogen-bond donors (Lipinski definition) is 2. The van der Waals surface area contributed by atoms with Crippen molar-refractivity contribution in [1.82, 2.24) is 0 Å². The van der Waals surface area contributed by atoms with Gasteiger partial charge in [0.1, 0.15) is 0 Å². The minimum absolute atomic E-state index is 0.212. The van der Waals surface area contributed by atoms with Crippen LogP contribution in [0.15, 0.2) is 12.1 Å². The summed E-state index contributed by atoms with van der Waals surface area (Å²) in [7, 11) is 0. The van der Waals surface area contributed by atoms with Gasteiger partial charge in [-0.1, -0.05) is 6.07 Å². The highest BCUT2D eigenvalue weighted by Gasteiger charge is 2.12. The second kappa shape index (κ2) is 5.68. The third-order valence-electron chi connectivity index (χ3n) is 2.60. The molecule has 0 aromatic heterocycles. The Morgan fingerprint density at radius 1 is 1.41 bits per heavy atom. The Morgan fingerprint density at radius 2 is 2.06 bits per heavy atom. The van der Waals surface area contributed by atoms with Crippen LogP contribution in [0.25, 0.3) is 0 Å². The molecule has 4 nitrogen and oxygen atoms in total. The molecular formula is C13H19NO3. The van der Waals surface area contributed by atoms with Crippen LogP contribution in [-0.2, 0) is 4.74 Å². The predicted molar refractivity (Wildman–Crippen MR) is 66.9 cm³/mol. The smallest absolute Gasteiger partial charge is 0.338 e. The maximum Gasteiger partial charge on any atom is 0.338 e. The molecule has 0 bridgehead atoms. The number of nitrogen functional groups attached to an aromatic ring is 1. The number of hydrogen-bond acceptors (Lipinski definition) is 4. The number of nitrogens with two attached hydrogens (primary N) is 1. The molecule has 1 aromatic carbocycles. The van der Waals surface area contributed by atoms with E-state index in [-0.39, 0.29) is 6.61 Å². The summed E-state index contributed by atoms with van der Waals surface area (Å²) < 4.78 is 5.06. The van der Waals surface area contributed by atoms with Crippen LogP contribution in [0.5, 0.6) is 0 Å². The van der Waals surface area contributed by atoms with Crippen molar-refractivity contribution < 1.29 is 14.6 Å². The summed E-state index contributed by atoms with van der Waals surface area (Å²) in [5.74, 6) is -0.394. The van der Waals surface area contributed by atoms with Crippen LogP contribution in [0.4, 0.5) is 5.69 Å². The number of carbonyl (C=O) groups excluding carboxylic acids is 1. The van der Waals surface area contributed by atoms with Crippen LogP contribution in [0.1, 0.15) is 34.8 Å². The zero-order valence-electron chi connectivity index (χ0n) is 10.5. The van der Waals surface area contributed by atoms with Crippen LogP contribution in [0, 0.1) is 13.8 Å². The maximum atomic E-state index is 11.8. The van der Waals surface area contributed by atoms with Crippen LogP contribution in [0.2, 0.25) is 0 Å². The van der Waals surface area contributed by atoms with Crippen LogP contribution >= 0.6 is 0 Å². The van der Waals surface area contributed by atoms with E-state index in [1.165, 1.54) is 0 Å². The molecule has 0 amide bonds. The Morgan fingerprint density at radius 3 is 2.65 bits per heavy atom. The van der Waals surface area contributed by atoms with E-state index in [1.54, 1.807) is 13.0 Å². The zero-order valence-corrected chi connectivity index (χ0v) is 10.5. The molecule has 17 heavy (non-hydrogen) atoms. The first kappa shape index (κ1) is 13.5. The normalized spacial score (nSPS) is 12.2. The Kier molecular flexibility index (Phi) is 4.52. The highest BCUT2D eigenvalue weighted by molar-refractivity contribution is 5.92. The molecular weight excluding hydrogens is 218 g/mol. The van der Waals surface area contributed by atoms with Crippen molar-refractivity contribution in [2.45, 2.75) is 33.3 Å². The van der Waals surface area contributed by atoms with Gasteiger partial charge in [0.25, 0.3) is 0 Å². The van der Waals surface area contributed by atoms with Gasteiger partial charge >= 0.3 is 5.97 Å². The molecule has 1 atom stereocenters. The van der Waals surface area contributed by atoms with Crippen molar-refractivity contribution in [2.75, 3.05) is 12.3 Å². The van der Waals surface area contributed by atoms with Crippen LogP contribution in [0.3, 0.4) is 0 Å². The topological polar surface area (TPSA) is 72.5 Å². The summed E-state index contributed by atoms with van der Waals surface area (Å²) in [6, 6.07) is 3.50. The average Bonchev–Trinajstić information content (AvgIpc) is 2.22. The highest BCUT2D eigenvalue weighted by Crippen LogP contribution is 2.18. The first-order chi connectivity index (χ1) is 7.91. The largest absolute Gasteiger partial charge is 0.462 e. The SMILES string of the molecule is Cc1cc(C)c(C(=O)OCCC(C)O)cc1N. The molecule has 0 saturated carbocycles. The molecule has 1 rings (SSSR count). The summed E-state index contributed by atoms with van der Waals surface area (Å²) in [5, 5.41) is 9.06. The lowest BCUT2D eigenvalue weighted by Crippen LogP contribution is -2.12. The highest BCUT2D eigenvalue weighted by atomic mass is 16.5. The predicted octanol–water partition coefficient (Wildman–Crippen LogP) is 1.81. The molecule has 0 fully saturated rings. The average molecular weight is 237 g/mol. The second-order valence-electron chi connectivity index (χ2n) is 4.30. The molecule has 3 N–H and O–H groups in total. The number of carbonyl (C=O) groups is 1. The molecule has 0 aliphatic carbocycles. The van der Waals surface area contributed by atoms with E-state index in [1.807, 2.05) is 19.9 Å². The lowest BCUT2D eigenvalue weighted by atomic mass is 10.0. The standard InChI is InChI=1S/C13H19NO3/c1-8-6-9(2)12(14)7-11(8)13(16)17-5-4-10(3)15/h6-7,10,15H,4-5,14H2,1-3H3. The van der Waals surface area contributed by atoms with Gasteiger partial charge in [-0.15, -0.1) is 0 Å². The Bertz CT molecular complexity index is 413. The molecule has 1 unspecified atom stereocenters. The summed E-state index contributed by atoms with van der Waals surface area (Å²) in [5.41, 5.74) is 8.62. The van der Waals surface area contributed by atoms with E-state index in [2.05, 4.69) is 0 Å². The van der Waals surface area contributed by atoms with Crippen molar-refractivity contribution in [2.24, 2.45) is 0 Å². The Labute approximate surface area is 101 Å². The molecule has 1 aromatic rings. The van der Waals surface area contributed by atoms with Gasteiger partial charge in [-0.05, 0) is 38.0 Å². The van der Waals surface area contributed by atoms with E-state index in [4.69, 9.17) is 15.6 Å². The molecule has 0 heterocycles. The number of aliphatic hydroxyl groups is 1. The van der Waals surface area contributed by atoms with Gasteiger partial charge in [-0.2, -0.15) is 0 Å². The molecule has 0 spiro atoms. The maximum absolute atomic E-state index is 11.8. The second-order valence-corrected chi connectivity index (χ2v) is 4.30. The van der Waals surface area contributed by atoms with Gasteiger partial charge in [0.15, 0.2) is 0 Å². The lowest BCUT2D eigenvalue weighted by molar-refractivity contribution is 0.0443. The first-order valence-corrected chi connectivity index (χ1v) is 5.63. The summed E-state index contributed by atoms with van der Waals surface area (Å²) in [6.45, 7) is 5.61. The summed E-state index contributed by atoms with van der Waals surface area (Å²) in [4.78, 5) is 11.8. The number of aryl methyl sites for hydroxylation is 2. The number of esters is 1. The van der Waals surface area contributed by atoms with Crippen LogP contribution in [-0.4, -0.2) is 23.8 Å². The fraction of sp³-hybridized carbons (Fsp3) is 0.462. The minimum atomic E-state index is -0.466. The summed E-state index contributed by atoms with van der Waals surface area (Å²) >= 11 is 0. The fourth-order valence-corrected chi connectivity index (χ4v) is 1.49. The van der Waals surface area contributed by atoms with E-state index in [0.29, 0.717) is 17.7 Å². The van der Waals surface area contributed by atoms with Gasteiger partial charge in [-0.25, -0.2) is 4.79 Å². The zero-order chi connectivity index (χ0) is 13.0. The van der Waals surface area contributed by atoms with Crippen molar-refractivity contribution in [3.8, 4) is 0 Å². The van der Waals surface area contributed by atoms with Gasteiger partial charge in [0.05, 0.1) is 18.3 Å². The van der Waals surface area contributed by atoms with E-state index < -0.39 is 12.1 Å². The number of ether oxygens (including phenoxy) is 1. The monoisotopic (exact) mass is 237 g/mol. The number of aliphatic hydroxyl groups excluding tert-OH is 1. The molecule has 0 aliphatic heterocycles. The minimum Gasteiger partial charge on any atom is -0.462 e. The first-order valence-electron chi connectivity index (χ1n) is 5.63. The van der Waals surface area contributed by atoms with Crippen molar-refractivity contribution in [3.05, 3.63) is 28.8 Å². The third-order valence-corrected chi connectivity index (χ3v) is 2.60. The lowest BCUT2D eigenvalue weighted by Gasteiger charge is -2.10. The molecule has 94 valence electrons. The van der Waals surface area contributed by atoms with Gasteiger partial charge < -0.3 is 15.6 Å². The number of anilines is 1. The van der Waals surface area contributed by atoms with Crippen molar-refractivity contribution in [1.29, 1.82) is 0 Å². The van der Waals surface area contributed by atoms with E-state index in [9.17, 15) is 4.79 Å². The summed E-state index contributed by atoms with van der Waals surface area (Å²) in [6.07, 6.45) is -0.0291. The van der Waals surface area contributed by atoms with Crippen molar-refractivity contribution >= 4 is 11.7 Å². The van der Waals surface area contributed by atoms with Gasteiger partial charge in [-0.3, -0.25) is 0 Å². The van der Waals surface area contributed by atoms with Gasteiger partial charge in [0, 0.05) is 12.1 Å². The van der Waals surface area contributed by atoms with Crippen LogP contribution < -0.4 is 5.73 Å². The molecule has 4 heteroatoms. The Balaban J connectivity index is 2.72. The molecule has 0 radical (unpaired) electrons. The quantitative estimate of drug-likeness (QED) is 0.619. The van der Waals surface area contributed by atoms with E-state index in [0.717, 1.165) is 11.1 Å². The number of rotatable bonds is 4. The Hall–Kier alpha value is -1.55. The third kappa shape index (κ3) is 3.75.